The molecule has 2 heterocycles. The fourth-order valence-electron chi connectivity index (χ4n) is 3.92. The Bertz CT molecular complexity index is 1100. The minimum Gasteiger partial charge on any atom is -0.352 e. The van der Waals surface area contributed by atoms with E-state index in [0.29, 0.717) is 40.9 Å². The molecule has 1 N–H and O–H groups in total. The van der Waals surface area contributed by atoms with Gasteiger partial charge in [0, 0.05) is 12.1 Å². The Balaban J connectivity index is 1.68. The lowest BCUT2D eigenvalue weighted by Crippen LogP contribution is -2.26. The first-order valence-corrected chi connectivity index (χ1v) is 9.88. The minimum atomic E-state index is -4.47. The molecule has 1 aliphatic carbocycles. The van der Waals surface area contributed by atoms with Gasteiger partial charge in [-0.15, -0.1) is 0 Å². The second-order valence-electron chi connectivity index (χ2n) is 8.20. The quantitative estimate of drug-likeness (QED) is 0.617. The molecule has 2 atom stereocenters. The molecule has 158 valence electrons. The number of alkyl halides is 3. The standard InChI is InChI=1S/C22H22F3N3O2/c1-11(2)16-8-14(16)10-26-20(29)17-9-18(27-21-19(17)12(3)28-30-21)13-5-4-6-15(7-13)22(23,24)25/h4-7,9,11,14,16H,8,10H2,1-3H3,(H,26,29)/t14-,16-/m0/s1. The third kappa shape index (κ3) is 3.91. The van der Waals surface area contributed by atoms with E-state index in [1.165, 1.54) is 18.2 Å². The van der Waals surface area contributed by atoms with Crippen LogP contribution >= 0.6 is 0 Å². The zero-order chi connectivity index (χ0) is 21.6. The molecule has 1 saturated carbocycles. The van der Waals surface area contributed by atoms with E-state index in [-0.39, 0.29) is 22.9 Å². The van der Waals surface area contributed by atoms with Crippen LogP contribution in [-0.4, -0.2) is 22.6 Å². The summed E-state index contributed by atoms with van der Waals surface area (Å²) in [5.41, 5.74) is 0.616. The number of pyridine rings is 1. The second kappa shape index (κ2) is 7.41. The van der Waals surface area contributed by atoms with Crippen molar-refractivity contribution < 1.29 is 22.5 Å². The Kier molecular flexibility index (Phi) is 5.03. The van der Waals surface area contributed by atoms with Crippen LogP contribution in [0.15, 0.2) is 34.9 Å². The zero-order valence-corrected chi connectivity index (χ0v) is 16.9. The van der Waals surface area contributed by atoms with Gasteiger partial charge in [0.15, 0.2) is 0 Å². The highest BCUT2D eigenvalue weighted by molar-refractivity contribution is 6.07. The van der Waals surface area contributed by atoms with Gasteiger partial charge in [-0.1, -0.05) is 31.1 Å². The van der Waals surface area contributed by atoms with Gasteiger partial charge in [0.1, 0.15) is 0 Å². The van der Waals surface area contributed by atoms with E-state index in [9.17, 15) is 18.0 Å². The van der Waals surface area contributed by atoms with Crippen LogP contribution in [0, 0.1) is 24.7 Å². The molecule has 3 aromatic rings. The van der Waals surface area contributed by atoms with Gasteiger partial charge in [-0.05, 0) is 49.3 Å². The van der Waals surface area contributed by atoms with Gasteiger partial charge in [-0.25, -0.2) is 4.98 Å². The fraction of sp³-hybridized carbons (Fsp3) is 0.409. The molecule has 0 radical (unpaired) electrons. The van der Waals surface area contributed by atoms with Crippen molar-refractivity contribution in [2.75, 3.05) is 6.54 Å². The van der Waals surface area contributed by atoms with E-state index >= 15 is 0 Å². The highest BCUT2D eigenvalue weighted by atomic mass is 19.4. The Hall–Kier alpha value is -2.90. The van der Waals surface area contributed by atoms with Crippen molar-refractivity contribution >= 4 is 17.0 Å². The maximum atomic E-state index is 13.1. The van der Waals surface area contributed by atoms with Crippen molar-refractivity contribution in [3.05, 3.63) is 47.2 Å². The maximum Gasteiger partial charge on any atom is 0.416 e. The van der Waals surface area contributed by atoms with Gasteiger partial charge in [-0.2, -0.15) is 13.2 Å². The molecular formula is C22H22F3N3O2. The molecule has 0 spiro atoms. The molecule has 0 bridgehead atoms. The topological polar surface area (TPSA) is 68.0 Å². The summed E-state index contributed by atoms with van der Waals surface area (Å²) in [7, 11) is 0. The first-order chi connectivity index (χ1) is 14.1. The van der Waals surface area contributed by atoms with Gasteiger partial charge >= 0.3 is 6.18 Å². The molecule has 30 heavy (non-hydrogen) atoms. The zero-order valence-electron chi connectivity index (χ0n) is 16.9. The molecule has 0 saturated heterocycles. The summed E-state index contributed by atoms with van der Waals surface area (Å²) in [6, 6.07) is 6.34. The number of hydrogen-bond donors (Lipinski definition) is 1. The molecule has 5 nitrogen and oxygen atoms in total. The van der Waals surface area contributed by atoms with Gasteiger partial charge < -0.3 is 9.84 Å². The molecule has 4 rings (SSSR count). The van der Waals surface area contributed by atoms with Crippen LogP contribution in [-0.2, 0) is 6.18 Å². The third-order valence-corrected chi connectivity index (χ3v) is 5.71. The van der Waals surface area contributed by atoms with Gasteiger partial charge in [0.05, 0.1) is 27.9 Å². The van der Waals surface area contributed by atoms with Gasteiger partial charge in [0.25, 0.3) is 11.6 Å². The minimum absolute atomic E-state index is 0.124. The summed E-state index contributed by atoms with van der Waals surface area (Å²) in [6.07, 6.45) is -3.38. The number of aryl methyl sites for hydroxylation is 1. The number of nitrogens with zero attached hydrogens (tertiary/aromatic N) is 2. The van der Waals surface area contributed by atoms with Crippen LogP contribution in [0.3, 0.4) is 0 Å². The number of carbonyl (C=O) groups excluding carboxylic acids is 1. The summed E-state index contributed by atoms with van der Waals surface area (Å²) < 4.78 is 44.5. The molecule has 1 amide bonds. The van der Waals surface area contributed by atoms with Crippen LogP contribution in [0.2, 0.25) is 0 Å². The average molecular weight is 417 g/mol. The normalized spacial score (nSPS) is 18.8. The fourth-order valence-corrected chi connectivity index (χ4v) is 3.92. The lowest BCUT2D eigenvalue weighted by molar-refractivity contribution is -0.137. The molecule has 1 aromatic carbocycles. The van der Waals surface area contributed by atoms with Crippen molar-refractivity contribution in [3.8, 4) is 11.3 Å². The van der Waals surface area contributed by atoms with Gasteiger partial charge in [0.2, 0.25) is 0 Å². The number of aromatic nitrogens is 2. The largest absolute Gasteiger partial charge is 0.416 e. The first-order valence-electron chi connectivity index (χ1n) is 9.88. The summed E-state index contributed by atoms with van der Waals surface area (Å²) in [5, 5.41) is 7.30. The number of benzene rings is 1. The maximum absolute atomic E-state index is 13.1. The van der Waals surface area contributed by atoms with Crippen LogP contribution in [0.4, 0.5) is 13.2 Å². The Morgan fingerprint density at radius 3 is 2.73 bits per heavy atom. The smallest absolute Gasteiger partial charge is 0.352 e. The van der Waals surface area contributed by atoms with Crippen molar-refractivity contribution in [2.24, 2.45) is 17.8 Å². The number of nitrogens with one attached hydrogen (secondary N) is 1. The van der Waals surface area contributed by atoms with E-state index in [1.807, 2.05) is 0 Å². The molecule has 8 heteroatoms. The van der Waals surface area contributed by atoms with Crippen molar-refractivity contribution in [2.45, 2.75) is 33.4 Å². The molecular weight excluding hydrogens is 395 g/mol. The van der Waals surface area contributed by atoms with E-state index in [0.717, 1.165) is 18.6 Å². The summed E-state index contributed by atoms with van der Waals surface area (Å²) in [6.45, 7) is 6.60. The number of amides is 1. The highest BCUT2D eigenvalue weighted by Gasteiger charge is 2.39. The summed E-state index contributed by atoms with van der Waals surface area (Å²) in [4.78, 5) is 17.2. The lowest BCUT2D eigenvalue weighted by atomic mass is 10.0. The second-order valence-corrected chi connectivity index (χ2v) is 8.20. The third-order valence-electron chi connectivity index (χ3n) is 5.71. The molecule has 1 aliphatic rings. The Morgan fingerprint density at radius 1 is 1.30 bits per heavy atom. The monoisotopic (exact) mass is 417 g/mol. The first kappa shape index (κ1) is 20.4. The van der Waals surface area contributed by atoms with Crippen molar-refractivity contribution in [1.29, 1.82) is 0 Å². The van der Waals surface area contributed by atoms with Crippen molar-refractivity contribution in [1.82, 2.24) is 15.5 Å². The molecule has 0 aliphatic heterocycles. The van der Waals surface area contributed by atoms with E-state index in [1.54, 1.807) is 6.92 Å². The highest BCUT2D eigenvalue weighted by Crippen LogP contribution is 2.43. The van der Waals surface area contributed by atoms with Crippen LogP contribution < -0.4 is 5.32 Å². The van der Waals surface area contributed by atoms with Crippen LogP contribution in [0.25, 0.3) is 22.4 Å². The number of rotatable bonds is 5. The molecule has 0 unspecified atom stereocenters. The Labute approximate surface area is 171 Å². The van der Waals surface area contributed by atoms with E-state index in [2.05, 4.69) is 29.3 Å². The predicted octanol–water partition coefficient (Wildman–Crippen LogP) is 5.24. The van der Waals surface area contributed by atoms with E-state index < -0.39 is 11.7 Å². The SMILES string of the molecule is Cc1noc2nc(-c3cccc(C(F)(F)F)c3)cc(C(=O)NC[C@@H]3C[C@H]3C(C)C)c12. The average Bonchev–Trinajstić information content (AvgIpc) is 3.40. The lowest BCUT2D eigenvalue weighted by Gasteiger charge is -2.11. The predicted molar refractivity (Wildman–Crippen MR) is 106 cm³/mol. The van der Waals surface area contributed by atoms with Gasteiger partial charge in [-0.3, -0.25) is 4.79 Å². The van der Waals surface area contributed by atoms with Crippen molar-refractivity contribution in [3.63, 3.8) is 0 Å². The van der Waals surface area contributed by atoms with Crippen LogP contribution in [0.1, 0.15) is 41.9 Å². The number of halogens is 3. The number of carbonyl (C=O) groups is 1. The number of hydrogen-bond acceptors (Lipinski definition) is 4. The summed E-state index contributed by atoms with van der Waals surface area (Å²) in [5.74, 6) is 1.34. The Morgan fingerprint density at radius 2 is 2.07 bits per heavy atom. The molecule has 1 fully saturated rings. The van der Waals surface area contributed by atoms with Crippen LogP contribution in [0.5, 0.6) is 0 Å². The molecule has 2 aromatic heterocycles. The van der Waals surface area contributed by atoms with E-state index in [4.69, 9.17) is 4.52 Å². The number of fused-ring (bicyclic) bond motifs is 1. The summed E-state index contributed by atoms with van der Waals surface area (Å²) >= 11 is 0.